The fourth-order valence-corrected chi connectivity index (χ4v) is 2.68. The van der Waals surface area contributed by atoms with E-state index in [1.54, 1.807) is 18.6 Å². The molecule has 0 amide bonds. The summed E-state index contributed by atoms with van der Waals surface area (Å²) in [5.74, 6) is 1.37. The van der Waals surface area contributed by atoms with Crippen LogP contribution in [0.3, 0.4) is 0 Å². The third-order valence-electron chi connectivity index (χ3n) is 3.72. The van der Waals surface area contributed by atoms with Crippen LogP contribution in [0.25, 0.3) is 0 Å². The third kappa shape index (κ3) is 2.36. The van der Waals surface area contributed by atoms with Crippen LogP contribution >= 0.6 is 11.6 Å². The van der Waals surface area contributed by atoms with E-state index in [1.165, 1.54) is 0 Å². The Kier molecular flexibility index (Phi) is 3.35. The van der Waals surface area contributed by atoms with Crippen LogP contribution in [-0.2, 0) is 12.6 Å². The van der Waals surface area contributed by atoms with Gasteiger partial charge in [-0.2, -0.15) is 0 Å². The van der Waals surface area contributed by atoms with Crippen molar-refractivity contribution in [3.8, 4) is 0 Å². The van der Waals surface area contributed by atoms with Gasteiger partial charge >= 0.3 is 0 Å². The van der Waals surface area contributed by atoms with Crippen LogP contribution in [0.2, 0.25) is 5.02 Å². The number of anilines is 1. The van der Waals surface area contributed by atoms with Gasteiger partial charge in [-0.15, -0.1) is 0 Å². The molecule has 3 rings (SSSR count). The Balaban J connectivity index is 1.73. The highest BCUT2D eigenvalue weighted by atomic mass is 35.5. The molecule has 1 saturated heterocycles. The van der Waals surface area contributed by atoms with Crippen molar-refractivity contribution in [3.63, 3.8) is 0 Å². The van der Waals surface area contributed by atoms with E-state index in [2.05, 4.69) is 15.0 Å². The van der Waals surface area contributed by atoms with Crippen LogP contribution in [0.1, 0.15) is 18.7 Å². The quantitative estimate of drug-likeness (QED) is 0.905. The lowest BCUT2D eigenvalue weighted by atomic mass is 9.90. The SMILES string of the molecule is Cn1ccnc1C1(O)CCN(c2ncc(Cl)cn2)CC1. The predicted octanol–water partition coefficient (Wildman–Crippen LogP) is 1.35. The summed E-state index contributed by atoms with van der Waals surface area (Å²) in [6.45, 7) is 1.37. The first kappa shape index (κ1) is 13.3. The number of piperidine rings is 1. The van der Waals surface area contributed by atoms with Crippen molar-refractivity contribution in [1.29, 1.82) is 0 Å². The molecule has 0 unspecified atom stereocenters. The number of hydrogen-bond donors (Lipinski definition) is 1. The van der Waals surface area contributed by atoms with E-state index in [4.69, 9.17) is 11.6 Å². The number of nitrogens with zero attached hydrogens (tertiary/aromatic N) is 5. The van der Waals surface area contributed by atoms with Gasteiger partial charge in [0, 0.05) is 45.4 Å². The minimum atomic E-state index is -0.874. The maximum absolute atomic E-state index is 10.7. The summed E-state index contributed by atoms with van der Waals surface area (Å²) < 4.78 is 1.87. The zero-order valence-electron chi connectivity index (χ0n) is 11.2. The molecule has 1 fully saturated rings. The fraction of sp³-hybridized carbons (Fsp3) is 0.462. The van der Waals surface area contributed by atoms with Gasteiger partial charge in [0.05, 0.1) is 17.4 Å². The summed E-state index contributed by atoms with van der Waals surface area (Å²) in [6.07, 6.45) is 7.94. The molecule has 106 valence electrons. The molecule has 0 aromatic carbocycles. The summed E-state index contributed by atoms with van der Waals surface area (Å²) in [5, 5.41) is 11.3. The smallest absolute Gasteiger partial charge is 0.225 e. The van der Waals surface area contributed by atoms with Crippen molar-refractivity contribution < 1.29 is 5.11 Å². The molecular weight excluding hydrogens is 278 g/mol. The van der Waals surface area contributed by atoms with E-state index < -0.39 is 5.60 Å². The Morgan fingerprint density at radius 2 is 1.85 bits per heavy atom. The number of imidazole rings is 1. The molecule has 0 radical (unpaired) electrons. The summed E-state index contributed by atoms with van der Waals surface area (Å²) in [6, 6.07) is 0. The molecule has 1 aliphatic heterocycles. The maximum Gasteiger partial charge on any atom is 0.225 e. The highest BCUT2D eigenvalue weighted by Crippen LogP contribution is 2.32. The van der Waals surface area contributed by atoms with Crippen molar-refractivity contribution in [2.24, 2.45) is 7.05 Å². The number of halogens is 1. The topological polar surface area (TPSA) is 67.1 Å². The zero-order chi connectivity index (χ0) is 14.2. The number of hydrogen-bond acceptors (Lipinski definition) is 5. The zero-order valence-corrected chi connectivity index (χ0v) is 12.0. The Morgan fingerprint density at radius 3 is 2.40 bits per heavy atom. The lowest BCUT2D eigenvalue weighted by Gasteiger charge is -2.37. The molecule has 3 heterocycles. The molecule has 0 saturated carbocycles. The van der Waals surface area contributed by atoms with Crippen molar-refractivity contribution in [3.05, 3.63) is 35.6 Å². The minimum absolute atomic E-state index is 0.523. The van der Waals surface area contributed by atoms with Crippen LogP contribution in [-0.4, -0.2) is 37.7 Å². The van der Waals surface area contributed by atoms with Crippen molar-refractivity contribution in [1.82, 2.24) is 19.5 Å². The first-order valence-corrected chi connectivity index (χ1v) is 6.89. The van der Waals surface area contributed by atoms with Gasteiger partial charge in [-0.1, -0.05) is 11.6 Å². The van der Waals surface area contributed by atoms with Crippen LogP contribution in [0.4, 0.5) is 5.95 Å². The first-order valence-electron chi connectivity index (χ1n) is 6.51. The Morgan fingerprint density at radius 1 is 1.20 bits per heavy atom. The normalized spacial score (nSPS) is 18.2. The molecule has 20 heavy (non-hydrogen) atoms. The van der Waals surface area contributed by atoms with Gasteiger partial charge < -0.3 is 14.6 Å². The van der Waals surface area contributed by atoms with Crippen molar-refractivity contribution in [2.75, 3.05) is 18.0 Å². The molecule has 0 atom stereocenters. The third-order valence-corrected chi connectivity index (χ3v) is 3.91. The Hall–Kier alpha value is -1.66. The molecule has 2 aromatic rings. The predicted molar refractivity (Wildman–Crippen MR) is 75.6 cm³/mol. The average molecular weight is 294 g/mol. The lowest BCUT2D eigenvalue weighted by molar-refractivity contribution is 0.000550. The second-order valence-electron chi connectivity index (χ2n) is 5.08. The van der Waals surface area contributed by atoms with Gasteiger partial charge in [-0.3, -0.25) is 0 Å². The molecular formula is C13H16ClN5O. The summed E-state index contributed by atoms with van der Waals surface area (Å²) >= 11 is 5.79. The molecule has 7 heteroatoms. The molecule has 0 bridgehead atoms. The molecule has 0 spiro atoms. The largest absolute Gasteiger partial charge is 0.382 e. The van der Waals surface area contributed by atoms with Gasteiger partial charge in [-0.05, 0) is 0 Å². The van der Waals surface area contributed by atoms with Gasteiger partial charge in [0.2, 0.25) is 5.95 Å². The van der Waals surface area contributed by atoms with E-state index in [1.807, 2.05) is 22.7 Å². The van der Waals surface area contributed by atoms with Crippen LogP contribution in [0, 0.1) is 0 Å². The van der Waals surface area contributed by atoms with Gasteiger partial charge in [0.15, 0.2) is 0 Å². The van der Waals surface area contributed by atoms with E-state index in [0.29, 0.717) is 42.7 Å². The molecule has 1 aliphatic rings. The summed E-state index contributed by atoms with van der Waals surface area (Å²) in [5.41, 5.74) is -0.874. The van der Waals surface area contributed by atoms with Crippen LogP contribution in [0.15, 0.2) is 24.8 Å². The van der Waals surface area contributed by atoms with E-state index in [0.717, 1.165) is 0 Å². The minimum Gasteiger partial charge on any atom is -0.382 e. The average Bonchev–Trinajstić information content (AvgIpc) is 2.88. The second-order valence-corrected chi connectivity index (χ2v) is 5.52. The van der Waals surface area contributed by atoms with Gasteiger partial charge in [0.1, 0.15) is 11.4 Å². The Labute approximate surface area is 122 Å². The highest BCUT2D eigenvalue weighted by molar-refractivity contribution is 6.30. The van der Waals surface area contributed by atoms with Gasteiger partial charge in [0.25, 0.3) is 0 Å². The Bertz CT molecular complexity index is 589. The lowest BCUT2D eigenvalue weighted by Crippen LogP contribution is -2.44. The maximum atomic E-state index is 10.7. The number of aliphatic hydroxyl groups is 1. The highest BCUT2D eigenvalue weighted by Gasteiger charge is 2.37. The molecule has 0 aliphatic carbocycles. The van der Waals surface area contributed by atoms with Crippen LogP contribution < -0.4 is 4.90 Å². The number of rotatable bonds is 2. The summed E-state index contributed by atoms with van der Waals surface area (Å²) in [7, 11) is 1.90. The van der Waals surface area contributed by atoms with E-state index in [9.17, 15) is 5.11 Å². The molecule has 6 nitrogen and oxygen atoms in total. The number of aromatic nitrogens is 4. The standard InChI is InChI=1S/C13H16ClN5O/c1-18-7-4-15-11(18)13(20)2-5-19(6-3-13)12-16-8-10(14)9-17-12/h4,7-9,20H,2-3,5-6H2,1H3. The van der Waals surface area contributed by atoms with E-state index >= 15 is 0 Å². The van der Waals surface area contributed by atoms with Crippen LogP contribution in [0.5, 0.6) is 0 Å². The fourth-order valence-electron chi connectivity index (χ4n) is 2.58. The number of aryl methyl sites for hydroxylation is 1. The van der Waals surface area contributed by atoms with Gasteiger partial charge in [-0.25, -0.2) is 15.0 Å². The summed E-state index contributed by atoms with van der Waals surface area (Å²) in [4.78, 5) is 14.7. The molecule has 1 N–H and O–H groups in total. The monoisotopic (exact) mass is 293 g/mol. The van der Waals surface area contributed by atoms with E-state index in [-0.39, 0.29) is 0 Å². The molecule has 2 aromatic heterocycles. The first-order chi connectivity index (χ1) is 9.58. The second kappa shape index (κ2) is 5.03. The van der Waals surface area contributed by atoms with Crippen molar-refractivity contribution in [2.45, 2.75) is 18.4 Å². The van der Waals surface area contributed by atoms with Crippen molar-refractivity contribution >= 4 is 17.5 Å².